The lowest BCUT2D eigenvalue weighted by atomic mass is 10.0. The predicted octanol–water partition coefficient (Wildman–Crippen LogP) is 0.832. The number of ether oxygens (including phenoxy) is 1. The highest BCUT2D eigenvalue weighted by Crippen LogP contribution is 2.12. The Bertz CT molecular complexity index is 1650. The van der Waals surface area contributed by atoms with E-state index in [1.54, 1.807) is 0 Å². The van der Waals surface area contributed by atoms with Crippen LogP contribution in [0.5, 0.6) is 0 Å². The van der Waals surface area contributed by atoms with E-state index in [4.69, 9.17) is 32.9 Å². The van der Waals surface area contributed by atoms with Crippen LogP contribution in [0.4, 0.5) is 0 Å². The SMILES string of the molecule is [2H]C([2H])([2H])n1c(=O)n(C([2H])([2H])C([2H])([2H])C([2H])([2H])C([2H])([2H])C(O)(C([2H])([2H])[2H])C([2H])([2H])[2H])c(=O)c2c1ncn2C([2H])([2H])OC([2H])([2H])C([2H])([2H])[2H]. The zero-order valence-corrected chi connectivity index (χ0v) is 11.5. The largest absolute Gasteiger partial charge is 0.390 e. The monoisotopic (exact) mass is 362 g/mol. The molecule has 0 saturated heterocycles. The van der Waals surface area contributed by atoms with E-state index >= 15 is 0 Å². The first-order chi connectivity index (χ1) is 20.6. The number of hydrogen-bond acceptors (Lipinski definition) is 5. The van der Waals surface area contributed by atoms with E-state index in [9.17, 15) is 14.7 Å². The quantitative estimate of drug-likeness (QED) is 0.751. The summed E-state index contributed by atoms with van der Waals surface area (Å²) < 4.78 is 189. The third-order valence-corrected chi connectivity index (χ3v) is 2.42. The molecular weight excluding hydrogens is 312 g/mol. The summed E-state index contributed by atoms with van der Waals surface area (Å²) in [6.45, 7) is -28.8. The maximum atomic E-state index is 13.7. The number of imidazole rings is 1. The molecule has 0 unspecified atom stereocenters. The van der Waals surface area contributed by atoms with Gasteiger partial charge >= 0.3 is 5.69 Å². The fourth-order valence-electron chi connectivity index (χ4n) is 1.53. The fraction of sp³-hybridized carbons (Fsp3) is 0.688. The number of fused-ring (bicyclic) bond motifs is 1. The second-order valence-electron chi connectivity index (χ2n) is 4.04. The van der Waals surface area contributed by atoms with Gasteiger partial charge in [0.1, 0.15) is 6.68 Å². The summed E-state index contributed by atoms with van der Waals surface area (Å²) in [5.41, 5.74) is -12.4. The zero-order valence-electron chi connectivity index (χ0n) is 35.5. The van der Waals surface area contributed by atoms with Crippen molar-refractivity contribution in [3.05, 3.63) is 27.2 Å². The van der Waals surface area contributed by atoms with Gasteiger partial charge in [0.05, 0.1) is 20.2 Å². The number of aryl methyl sites for hydroxylation is 1. The van der Waals surface area contributed by atoms with Crippen LogP contribution in [0.25, 0.3) is 11.2 Å². The average Bonchev–Trinajstić information content (AvgIpc) is 3.25. The van der Waals surface area contributed by atoms with Gasteiger partial charge in [-0.3, -0.25) is 13.9 Å². The highest BCUT2D eigenvalue weighted by molar-refractivity contribution is 5.69. The Hall–Kier alpha value is -1.93. The van der Waals surface area contributed by atoms with Gasteiger partial charge in [-0.05, 0) is 39.7 Å². The normalized spacial score (nSPS) is 32.7. The molecule has 0 aliphatic carbocycles. The molecule has 0 radical (unpaired) electrons. The van der Waals surface area contributed by atoms with Crippen LogP contribution in [0.2, 0.25) is 0 Å². The van der Waals surface area contributed by atoms with E-state index in [1.165, 1.54) is 0 Å². The number of hydrogen-bond donors (Lipinski definition) is 1. The minimum atomic E-state index is -4.89. The average molecular weight is 363 g/mol. The van der Waals surface area contributed by atoms with Crippen LogP contribution in [0.3, 0.4) is 0 Å². The molecule has 0 saturated carbocycles. The molecular formula is C16H26N4O4. The topological polar surface area (TPSA) is 91.3 Å². The van der Waals surface area contributed by atoms with E-state index in [0.717, 1.165) is 0 Å². The van der Waals surface area contributed by atoms with Crippen molar-refractivity contribution < 1.29 is 42.7 Å². The molecule has 0 spiro atoms. The Morgan fingerprint density at radius 1 is 1.42 bits per heavy atom. The van der Waals surface area contributed by atoms with Crippen molar-refractivity contribution in [2.24, 2.45) is 6.98 Å². The zero-order chi connectivity index (χ0) is 38.7. The Morgan fingerprint density at radius 2 is 2.25 bits per heavy atom. The van der Waals surface area contributed by atoms with E-state index in [2.05, 4.69) is 9.72 Å². The van der Waals surface area contributed by atoms with Gasteiger partial charge in [0.15, 0.2) is 11.2 Å². The molecule has 8 heteroatoms. The lowest BCUT2D eigenvalue weighted by molar-refractivity contribution is 0.0678. The van der Waals surface area contributed by atoms with Crippen LogP contribution in [0.15, 0.2) is 15.9 Å². The summed E-state index contributed by atoms with van der Waals surface area (Å²) in [4.78, 5) is 30.6. The van der Waals surface area contributed by atoms with Crippen molar-refractivity contribution in [1.82, 2.24) is 18.7 Å². The van der Waals surface area contributed by atoms with Gasteiger partial charge < -0.3 is 14.4 Å². The van der Waals surface area contributed by atoms with E-state index in [-0.39, 0.29) is 10.9 Å². The summed E-state index contributed by atoms with van der Waals surface area (Å²) >= 11 is 0. The molecule has 1 N–H and O–H groups in total. The van der Waals surface area contributed by atoms with Crippen molar-refractivity contribution in [1.29, 1.82) is 0 Å². The first kappa shape index (κ1) is 4.42. The number of rotatable bonds is 8. The lowest BCUT2D eigenvalue weighted by Crippen LogP contribution is -2.39. The molecule has 2 rings (SSSR count). The first-order valence-electron chi connectivity index (χ1n) is 17.8. The Labute approximate surface area is 174 Å². The molecule has 134 valence electrons. The van der Waals surface area contributed by atoms with Crippen molar-refractivity contribution >= 4 is 11.2 Å². The van der Waals surface area contributed by atoms with Crippen LogP contribution in [0, 0.1) is 0 Å². The Kier molecular flexibility index (Phi) is 1.35. The van der Waals surface area contributed by atoms with E-state index < -0.39 is 104 Å². The van der Waals surface area contributed by atoms with Crippen LogP contribution >= 0.6 is 0 Å². The van der Waals surface area contributed by atoms with Gasteiger partial charge in [-0.1, -0.05) is 0 Å². The third-order valence-electron chi connectivity index (χ3n) is 2.42. The molecule has 0 amide bonds. The maximum Gasteiger partial charge on any atom is 0.332 e. The second kappa shape index (κ2) is 7.31. The highest BCUT2D eigenvalue weighted by Gasteiger charge is 2.16. The molecule has 0 bridgehead atoms. The molecule has 0 aliphatic heterocycles. The van der Waals surface area contributed by atoms with Crippen LogP contribution in [-0.2, 0) is 24.9 Å². The van der Waals surface area contributed by atoms with Gasteiger partial charge in [-0.15, -0.1) is 0 Å². The molecule has 0 aliphatic rings. The summed E-state index contributed by atoms with van der Waals surface area (Å²) in [5.74, 6) is 0. The molecule has 2 heterocycles. The second-order valence-corrected chi connectivity index (χ2v) is 4.04. The highest BCUT2D eigenvalue weighted by atomic mass is 16.5. The van der Waals surface area contributed by atoms with Crippen LogP contribution in [0.1, 0.15) is 72.6 Å². The number of aliphatic hydroxyl groups is 1. The minimum Gasteiger partial charge on any atom is -0.390 e. The molecule has 0 atom stereocenters. The Morgan fingerprint density at radius 3 is 2.96 bits per heavy atom. The molecule has 0 fully saturated rings. The third kappa shape index (κ3) is 3.93. The summed E-state index contributed by atoms with van der Waals surface area (Å²) in [6.07, 6.45) is -14.4. The first-order valence-corrected chi connectivity index (χ1v) is 5.82. The van der Waals surface area contributed by atoms with Gasteiger partial charge in [-0.25, -0.2) is 9.78 Å². The van der Waals surface area contributed by atoms with Crippen LogP contribution in [-0.4, -0.2) is 36.0 Å². The molecule has 8 nitrogen and oxygen atoms in total. The smallest absolute Gasteiger partial charge is 0.332 e. The van der Waals surface area contributed by atoms with Crippen molar-refractivity contribution in [2.75, 3.05) is 6.56 Å². The number of aromatic nitrogens is 4. The van der Waals surface area contributed by atoms with Crippen LogP contribution < -0.4 is 11.2 Å². The summed E-state index contributed by atoms with van der Waals surface area (Å²) in [6, 6.07) is 0. The fourth-order valence-corrected chi connectivity index (χ4v) is 1.53. The van der Waals surface area contributed by atoms with Crippen molar-refractivity contribution in [3.8, 4) is 0 Å². The Balaban J connectivity index is 3.16. The van der Waals surface area contributed by atoms with Gasteiger partial charge in [-0.2, -0.15) is 0 Å². The molecule has 2 aromatic heterocycles. The molecule has 2 aromatic rings. The summed E-state index contributed by atoms with van der Waals surface area (Å²) in [7, 11) is 0. The van der Waals surface area contributed by atoms with Gasteiger partial charge in [0.25, 0.3) is 5.56 Å². The van der Waals surface area contributed by atoms with Crippen molar-refractivity contribution in [3.63, 3.8) is 0 Å². The molecule has 0 aromatic carbocycles. The van der Waals surface area contributed by atoms with Gasteiger partial charge in [0.2, 0.25) is 0 Å². The standard InChI is InChI=1S/C16H26N4O4/c1-5-24-11-19-10-17-13-12(19)14(21)20(15(22)18(13)4)9-7-6-8-16(2,3)23/h10,23H,5-9,11H2,1-4H3/i1D3,2D3,3D3,4D3,5D2,6D2,7D2,8D2,9D2,11D2. The van der Waals surface area contributed by atoms with Crippen molar-refractivity contribution in [2.45, 2.75) is 58.5 Å². The van der Waals surface area contributed by atoms with E-state index in [0.29, 0.717) is 0 Å². The minimum absolute atomic E-state index is 0.183. The summed E-state index contributed by atoms with van der Waals surface area (Å²) in [5, 5.41) is 10.7. The maximum absolute atomic E-state index is 13.7. The number of nitrogens with zero attached hydrogens (tertiary/aromatic N) is 4. The van der Waals surface area contributed by atoms with Gasteiger partial charge in [0, 0.05) is 44.7 Å². The lowest BCUT2D eigenvalue weighted by Gasteiger charge is -2.16. The van der Waals surface area contributed by atoms with E-state index in [1.807, 2.05) is 0 Å². The predicted molar refractivity (Wildman–Crippen MR) is 91.0 cm³/mol. The molecule has 24 heavy (non-hydrogen) atoms.